The maximum atomic E-state index is 14.5. The van der Waals surface area contributed by atoms with Gasteiger partial charge in [-0.1, -0.05) is 48.0 Å². The summed E-state index contributed by atoms with van der Waals surface area (Å²) < 4.78 is 6.35. The van der Waals surface area contributed by atoms with Crippen LogP contribution in [0, 0.1) is 31.6 Å². The summed E-state index contributed by atoms with van der Waals surface area (Å²) in [6.07, 6.45) is 1.25. The van der Waals surface area contributed by atoms with E-state index in [1.54, 1.807) is 11.0 Å². The van der Waals surface area contributed by atoms with E-state index in [-0.39, 0.29) is 29.8 Å². The third-order valence-electron chi connectivity index (χ3n) is 7.79. The summed E-state index contributed by atoms with van der Waals surface area (Å²) in [6.45, 7) is 11.3. The topological polar surface area (TPSA) is 107 Å². The fourth-order valence-electron chi connectivity index (χ4n) is 6.20. The van der Waals surface area contributed by atoms with Crippen molar-refractivity contribution in [2.24, 2.45) is 17.8 Å². The van der Waals surface area contributed by atoms with E-state index >= 15 is 0 Å². The summed E-state index contributed by atoms with van der Waals surface area (Å²) in [5.41, 5.74) is 1.26. The Morgan fingerprint density at radius 2 is 2.06 bits per heavy atom. The molecule has 1 aromatic rings. The van der Waals surface area contributed by atoms with Gasteiger partial charge in [-0.3, -0.25) is 14.4 Å². The van der Waals surface area contributed by atoms with Crippen LogP contribution in [-0.2, 0) is 19.1 Å². The van der Waals surface area contributed by atoms with Crippen molar-refractivity contribution in [3.63, 3.8) is 0 Å². The number of hydrogen-bond donors (Lipinski definition) is 2. The lowest BCUT2D eigenvalue weighted by Crippen LogP contribution is -2.60. The molecule has 1 spiro atoms. The predicted octanol–water partition coefficient (Wildman–Crippen LogP) is 2.67. The number of aliphatic carboxylic acids is 1. The van der Waals surface area contributed by atoms with E-state index in [0.717, 1.165) is 11.1 Å². The molecule has 2 amide bonds. The lowest BCUT2D eigenvalue weighted by Gasteiger charge is -2.40. The first-order valence-corrected chi connectivity index (χ1v) is 12.9. The Morgan fingerprint density at radius 1 is 1.37 bits per heavy atom. The molecule has 9 heteroatoms. The van der Waals surface area contributed by atoms with Crippen LogP contribution in [0.1, 0.15) is 31.4 Å². The lowest BCUT2D eigenvalue weighted by atomic mass is 9.70. The molecule has 3 saturated heterocycles. The number of anilines is 1. The normalized spacial score (nSPS) is 32.1. The number of carbonyl (C=O) groups excluding carboxylic acids is 2. The number of rotatable bonds is 8. The third kappa shape index (κ3) is 3.83. The van der Waals surface area contributed by atoms with Crippen molar-refractivity contribution >= 4 is 39.4 Å². The van der Waals surface area contributed by atoms with Gasteiger partial charge in [-0.2, -0.15) is 0 Å². The molecule has 1 aromatic carbocycles. The van der Waals surface area contributed by atoms with Crippen molar-refractivity contribution in [1.29, 1.82) is 0 Å². The molecule has 0 aliphatic carbocycles. The van der Waals surface area contributed by atoms with E-state index in [1.807, 2.05) is 45.9 Å². The zero-order valence-corrected chi connectivity index (χ0v) is 22.1. The Morgan fingerprint density at radius 3 is 2.63 bits per heavy atom. The first kappa shape index (κ1) is 25.9. The maximum absolute atomic E-state index is 14.5. The van der Waals surface area contributed by atoms with Crippen molar-refractivity contribution in [2.45, 2.75) is 62.7 Å². The Bertz CT molecular complexity index is 1060. The Labute approximate surface area is 214 Å². The summed E-state index contributed by atoms with van der Waals surface area (Å²) >= 11 is 3.56. The number of ether oxygens (including phenoxy) is 1. The highest BCUT2D eigenvalue weighted by atomic mass is 79.9. The summed E-state index contributed by atoms with van der Waals surface area (Å²) in [5, 5.41) is 20.3. The SMILES string of the molecule is C=CCN(C(=O)[C@@H]1N([C@@H](CO)C(C)C)C(=O)[C@H]2[C@H](C(=O)O)[C@H]3O[C@@]12CC3Br)c1cc(C)ccc1C. The number of aryl methyl sites for hydroxylation is 2. The van der Waals surface area contributed by atoms with Gasteiger partial charge in [-0.05, 0) is 43.4 Å². The van der Waals surface area contributed by atoms with Gasteiger partial charge in [0.25, 0.3) is 5.91 Å². The number of amides is 2. The zero-order valence-electron chi connectivity index (χ0n) is 20.5. The zero-order chi connectivity index (χ0) is 25.8. The molecule has 2 N–H and O–H groups in total. The van der Waals surface area contributed by atoms with Gasteiger partial charge < -0.3 is 24.7 Å². The highest BCUT2D eigenvalue weighted by Crippen LogP contribution is 2.60. The van der Waals surface area contributed by atoms with Gasteiger partial charge in [0.1, 0.15) is 11.6 Å². The van der Waals surface area contributed by atoms with Crippen molar-refractivity contribution < 1.29 is 29.3 Å². The monoisotopic (exact) mass is 548 g/mol. The quantitative estimate of drug-likeness (QED) is 0.382. The molecule has 7 atom stereocenters. The fourth-order valence-corrected chi connectivity index (χ4v) is 7.14. The highest BCUT2D eigenvalue weighted by molar-refractivity contribution is 9.09. The van der Waals surface area contributed by atoms with Crippen LogP contribution in [0.15, 0.2) is 30.9 Å². The minimum absolute atomic E-state index is 0.164. The summed E-state index contributed by atoms with van der Waals surface area (Å²) in [4.78, 5) is 43.4. The number of hydrogen-bond acceptors (Lipinski definition) is 5. The number of carboxylic acids is 1. The molecular weight excluding hydrogens is 516 g/mol. The van der Waals surface area contributed by atoms with Crippen LogP contribution < -0.4 is 4.90 Å². The second-order valence-electron chi connectivity index (χ2n) is 10.3. The molecule has 1 unspecified atom stereocenters. The number of aliphatic hydroxyl groups excluding tert-OH is 1. The third-order valence-corrected chi connectivity index (χ3v) is 8.64. The van der Waals surface area contributed by atoms with Crippen LogP contribution in [0.5, 0.6) is 0 Å². The molecule has 0 aromatic heterocycles. The minimum Gasteiger partial charge on any atom is -0.481 e. The van der Waals surface area contributed by atoms with E-state index in [0.29, 0.717) is 12.1 Å². The maximum Gasteiger partial charge on any atom is 0.310 e. The first-order chi connectivity index (χ1) is 16.5. The average molecular weight is 549 g/mol. The summed E-state index contributed by atoms with van der Waals surface area (Å²) in [6, 6.07) is 4.08. The van der Waals surface area contributed by atoms with Crippen LogP contribution in [0.25, 0.3) is 0 Å². The molecule has 4 rings (SSSR count). The van der Waals surface area contributed by atoms with Gasteiger partial charge in [0.2, 0.25) is 5.91 Å². The highest BCUT2D eigenvalue weighted by Gasteiger charge is 2.77. The second kappa shape index (κ2) is 9.33. The molecule has 8 nitrogen and oxygen atoms in total. The number of fused-ring (bicyclic) bond motifs is 1. The van der Waals surface area contributed by atoms with Gasteiger partial charge in [-0.25, -0.2) is 0 Å². The molecule has 190 valence electrons. The van der Waals surface area contributed by atoms with E-state index in [9.17, 15) is 24.6 Å². The van der Waals surface area contributed by atoms with Crippen molar-refractivity contribution in [3.05, 3.63) is 42.0 Å². The Kier molecular flexibility index (Phi) is 6.89. The molecule has 3 aliphatic rings. The summed E-state index contributed by atoms with van der Waals surface area (Å²) in [7, 11) is 0. The average Bonchev–Trinajstić information content (AvgIpc) is 3.38. The number of aliphatic hydroxyl groups is 1. The smallest absolute Gasteiger partial charge is 0.310 e. The molecule has 3 fully saturated rings. The van der Waals surface area contributed by atoms with E-state index in [4.69, 9.17) is 4.74 Å². The number of alkyl halides is 1. The molecule has 0 radical (unpaired) electrons. The lowest BCUT2D eigenvalue weighted by molar-refractivity contribution is -0.151. The molecule has 2 bridgehead atoms. The summed E-state index contributed by atoms with van der Waals surface area (Å²) in [5.74, 6) is -4.14. The van der Waals surface area contributed by atoms with Crippen LogP contribution in [0.3, 0.4) is 0 Å². The number of carbonyl (C=O) groups is 3. The van der Waals surface area contributed by atoms with E-state index in [1.165, 1.54) is 4.90 Å². The van der Waals surface area contributed by atoms with Gasteiger partial charge in [0, 0.05) is 17.1 Å². The van der Waals surface area contributed by atoms with E-state index < -0.39 is 47.5 Å². The molecule has 0 saturated carbocycles. The largest absolute Gasteiger partial charge is 0.481 e. The Balaban J connectivity index is 1.89. The van der Waals surface area contributed by atoms with Crippen LogP contribution in [0.2, 0.25) is 0 Å². The van der Waals surface area contributed by atoms with Gasteiger partial charge >= 0.3 is 5.97 Å². The van der Waals surface area contributed by atoms with Crippen LogP contribution >= 0.6 is 15.9 Å². The number of carboxylic acid groups (broad SMARTS) is 1. The first-order valence-electron chi connectivity index (χ1n) is 12.0. The predicted molar refractivity (Wildman–Crippen MR) is 134 cm³/mol. The molecule has 3 heterocycles. The van der Waals surface area contributed by atoms with E-state index in [2.05, 4.69) is 22.5 Å². The number of halogens is 1. The van der Waals surface area contributed by atoms with Crippen LogP contribution in [-0.4, -0.2) is 74.7 Å². The molecular formula is C26H33BrN2O6. The standard InChI is InChI=1S/C26H33BrN2O6/c1-6-9-28(17-10-14(4)7-8-15(17)5)24(32)22-26-11-16(27)21(35-26)19(25(33)34)20(26)23(31)29(22)18(12-30)13(2)3/h6-8,10,13,16,18-22,30H,1,9,11-12H2,2-5H3,(H,33,34)/t16?,18-,19-,20+,21-,22-,26+/m0/s1. The van der Waals surface area contributed by atoms with Crippen molar-refractivity contribution in [1.82, 2.24) is 4.90 Å². The molecule has 3 aliphatic heterocycles. The van der Waals surface area contributed by atoms with Gasteiger partial charge in [0.05, 0.1) is 30.6 Å². The van der Waals surface area contributed by atoms with Gasteiger partial charge in [0.15, 0.2) is 0 Å². The van der Waals surface area contributed by atoms with Gasteiger partial charge in [-0.15, -0.1) is 6.58 Å². The number of benzene rings is 1. The fraction of sp³-hybridized carbons (Fsp3) is 0.577. The molecule has 35 heavy (non-hydrogen) atoms. The second-order valence-corrected chi connectivity index (χ2v) is 11.4. The number of likely N-dealkylation sites (tertiary alicyclic amines) is 1. The van der Waals surface area contributed by atoms with Crippen LogP contribution in [0.4, 0.5) is 5.69 Å². The van der Waals surface area contributed by atoms with Crippen molar-refractivity contribution in [3.8, 4) is 0 Å². The minimum atomic E-state index is -1.30. The Hall–Kier alpha value is -2.23. The number of nitrogens with zero attached hydrogens (tertiary/aromatic N) is 2. The van der Waals surface area contributed by atoms with Crippen molar-refractivity contribution in [2.75, 3.05) is 18.1 Å².